The zero-order chi connectivity index (χ0) is 12.5. The Balaban J connectivity index is 2.31. The van der Waals surface area contributed by atoms with Crippen LogP contribution in [0.2, 0.25) is 0 Å². The molecule has 0 saturated carbocycles. The van der Waals surface area contributed by atoms with Crippen molar-refractivity contribution in [2.24, 2.45) is 0 Å². The van der Waals surface area contributed by atoms with Crippen molar-refractivity contribution in [1.82, 2.24) is 4.90 Å². The van der Waals surface area contributed by atoms with Crippen LogP contribution in [0.15, 0.2) is 30.3 Å². The van der Waals surface area contributed by atoms with Gasteiger partial charge in [0.1, 0.15) is 6.54 Å². The highest BCUT2D eigenvalue weighted by molar-refractivity contribution is 5.76. The molecule has 0 aliphatic carbocycles. The SMILES string of the molecule is CCN(CC#N)C(=O)CCCc1ccccc1. The third-order valence-corrected chi connectivity index (χ3v) is 2.69. The molecular formula is C14H18N2O. The Morgan fingerprint density at radius 3 is 2.65 bits per heavy atom. The summed E-state index contributed by atoms with van der Waals surface area (Å²) in [5, 5.41) is 8.58. The molecule has 17 heavy (non-hydrogen) atoms. The minimum atomic E-state index is 0.0741. The quantitative estimate of drug-likeness (QED) is 0.704. The van der Waals surface area contributed by atoms with E-state index in [-0.39, 0.29) is 12.5 Å². The first-order valence-electron chi connectivity index (χ1n) is 5.96. The normalized spacial score (nSPS) is 9.65. The summed E-state index contributed by atoms with van der Waals surface area (Å²) in [5.74, 6) is 0.0741. The van der Waals surface area contributed by atoms with E-state index in [0.717, 1.165) is 12.8 Å². The van der Waals surface area contributed by atoms with Gasteiger partial charge in [-0.1, -0.05) is 30.3 Å². The first kappa shape index (κ1) is 13.2. The summed E-state index contributed by atoms with van der Waals surface area (Å²) in [6.45, 7) is 2.70. The molecule has 0 saturated heterocycles. The Kier molecular flexibility index (Phi) is 5.81. The molecule has 90 valence electrons. The molecule has 0 aliphatic rings. The second-order valence-electron chi connectivity index (χ2n) is 3.91. The predicted octanol–water partition coefficient (Wildman–Crippen LogP) is 2.38. The molecule has 0 spiro atoms. The van der Waals surface area contributed by atoms with Gasteiger partial charge in [0.05, 0.1) is 6.07 Å². The van der Waals surface area contributed by atoms with Crippen LogP contribution in [0.1, 0.15) is 25.3 Å². The van der Waals surface area contributed by atoms with Crippen molar-refractivity contribution in [3.63, 3.8) is 0 Å². The molecule has 1 amide bonds. The Morgan fingerprint density at radius 1 is 1.35 bits per heavy atom. The predicted molar refractivity (Wildman–Crippen MR) is 67.2 cm³/mol. The number of nitriles is 1. The van der Waals surface area contributed by atoms with Crippen LogP contribution in [0.3, 0.4) is 0 Å². The van der Waals surface area contributed by atoms with E-state index in [2.05, 4.69) is 12.1 Å². The Morgan fingerprint density at radius 2 is 2.06 bits per heavy atom. The summed E-state index contributed by atoms with van der Waals surface area (Å²) in [6.07, 6.45) is 2.27. The number of nitrogens with zero attached hydrogens (tertiary/aromatic N) is 2. The molecule has 1 aromatic rings. The van der Waals surface area contributed by atoms with Crippen molar-refractivity contribution in [3.05, 3.63) is 35.9 Å². The Labute approximate surface area is 103 Å². The van der Waals surface area contributed by atoms with Gasteiger partial charge in [0, 0.05) is 13.0 Å². The third kappa shape index (κ3) is 4.69. The topological polar surface area (TPSA) is 44.1 Å². The average molecular weight is 230 g/mol. The molecule has 1 rings (SSSR count). The monoisotopic (exact) mass is 230 g/mol. The first-order valence-corrected chi connectivity index (χ1v) is 5.96. The molecule has 0 heterocycles. The minimum Gasteiger partial charge on any atom is -0.330 e. The maximum Gasteiger partial charge on any atom is 0.223 e. The van der Waals surface area contributed by atoms with E-state index < -0.39 is 0 Å². The van der Waals surface area contributed by atoms with Gasteiger partial charge in [-0.15, -0.1) is 0 Å². The van der Waals surface area contributed by atoms with Gasteiger partial charge in [-0.05, 0) is 25.3 Å². The molecule has 0 bridgehead atoms. The number of aryl methyl sites for hydroxylation is 1. The van der Waals surface area contributed by atoms with Crippen LogP contribution in [-0.4, -0.2) is 23.9 Å². The smallest absolute Gasteiger partial charge is 0.223 e. The molecule has 0 aliphatic heterocycles. The van der Waals surface area contributed by atoms with Gasteiger partial charge in [-0.2, -0.15) is 5.26 Å². The van der Waals surface area contributed by atoms with Gasteiger partial charge in [0.25, 0.3) is 0 Å². The third-order valence-electron chi connectivity index (χ3n) is 2.69. The second-order valence-corrected chi connectivity index (χ2v) is 3.91. The van der Waals surface area contributed by atoms with Gasteiger partial charge in [0.2, 0.25) is 5.91 Å². The number of carbonyl (C=O) groups excluding carboxylic acids is 1. The Bertz CT molecular complexity index is 381. The van der Waals surface area contributed by atoms with Crippen molar-refractivity contribution < 1.29 is 4.79 Å². The second kappa shape index (κ2) is 7.45. The largest absolute Gasteiger partial charge is 0.330 e. The minimum absolute atomic E-state index is 0.0741. The zero-order valence-electron chi connectivity index (χ0n) is 10.2. The standard InChI is InChI=1S/C14H18N2O/c1-2-16(12-11-15)14(17)10-6-9-13-7-4-3-5-8-13/h3-5,7-8H,2,6,9-10,12H2,1H3. The van der Waals surface area contributed by atoms with Crippen molar-refractivity contribution in [3.8, 4) is 6.07 Å². The van der Waals surface area contributed by atoms with Crippen LogP contribution in [-0.2, 0) is 11.2 Å². The van der Waals surface area contributed by atoms with Gasteiger partial charge >= 0.3 is 0 Å². The van der Waals surface area contributed by atoms with E-state index in [9.17, 15) is 4.79 Å². The summed E-state index contributed by atoms with van der Waals surface area (Å²) in [7, 11) is 0. The molecule has 1 aromatic carbocycles. The lowest BCUT2D eigenvalue weighted by molar-refractivity contribution is -0.130. The molecular weight excluding hydrogens is 212 g/mol. The summed E-state index contributed by atoms with van der Waals surface area (Å²) in [4.78, 5) is 13.3. The van der Waals surface area contributed by atoms with Crippen LogP contribution in [0.4, 0.5) is 0 Å². The summed E-state index contributed by atoms with van der Waals surface area (Å²) >= 11 is 0. The van der Waals surface area contributed by atoms with Gasteiger partial charge in [0.15, 0.2) is 0 Å². The molecule has 0 N–H and O–H groups in total. The van der Waals surface area contributed by atoms with E-state index in [1.54, 1.807) is 4.90 Å². The summed E-state index contributed by atoms with van der Waals surface area (Å²) in [5.41, 5.74) is 1.25. The molecule has 3 nitrogen and oxygen atoms in total. The number of amides is 1. The van der Waals surface area contributed by atoms with E-state index in [4.69, 9.17) is 5.26 Å². The molecule has 3 heteroatoms. The van der Waals surface area contributed by atoms with Crippen molar-refractivity contribution >= 4 is 5.91 Å². The maximum absolute atomic E-state index is 11.7. The van der Waals surface area contributed by atoms with Crippen LogP contribution >= 0.6 is 0 Å². The lowest BCUT2D eigenvalue weighted by Crippen LogP contribution is -2.30. The Hall–Kier alpha value is -1.82. The van der Waals surface area contributed by atoms with E-state index in [0.29, 0.717) is 13.0 Å². The fourth-order valence-electron chi connectivity index (χ4n) is 1.71. The first-order chi connectivity index (χ1) is 8.27. The molecule has 0 radical (unpaired) electrons. The number of carbonyl (C=O) groups is 1. The van der Waals surface area contributed by atoms with Crippen molar-refractivity contribution in [1.29, 1.82) is 5.26 Å². The zero-order valence-corrected chi connectivity index (χ0v) is 10.2. The maximum atomic E-state index is 11.7. The van der Waals surface area contributed by atoms with E-state index >= 15 is 0 Å². The number of hydrogen-bond acceptors (Lipinski definition) is 2. The van der Waals surface area contributed by atoms with Crippen LogP contribution in [0, 0.1) is 11.3 Å². The molecule has 0 atom stereocenters. The van der Waals surface area contributed by atoms with Crippen LogP contribution in [0.5, 0.6) is 0 Å². The summed E-state index contributed by atoms with van der Waals surface area (Å²) < 4.78 is 0. The van der Waals surface area contributed by atoms with Gasteiger partial charge < -0.3 is 4.90 Å². The lowest BCUT2D eigenvalue weighted by Gasteiger charge is -2.16. The highest BCUT2D eigenvalue weighted by atomic mass is 16.2. The van der Waals surface area contributed by atoms with Crippen LogP contribution < -0.4 is 0 Å². The lowest BCUT2D eigenvalue weighted by atomic mass is 10.1. The van der Waals surface area contributed by atoms with Gasteiger partial charge in [-0.25, -0.2) is 0 Å². The molecule has 0 unspecified atom stereocenters. The van der Waals surface area contributed by atoms with Gasteiger partial charge in [-0.3, -0.25) is 4.79 Å². The fraction of sp³-hybridized carbons (Fsp3) is 0.429. The highest BCUT2D eigenvalue weighted by Gasteiger charge is 2.10. The van der Waals surface area contributed by atoms with Crippen molar-refractivity contribution in [2.45, 2.75) is 26.2 Å². The average Bonchev–Trinajstić information content (AvgIpc) is 2.37. The van der Waals surface area contributed by atoms with Crippen LogP contribution in [0.25, 0.3) is 0 Å². The fourth-order valence-corrected chi connectivity index (χ4v) is 1.71. The van der Waals surface area contributed by atoms with Crippen molar-refractivity contribution in [2.75, 3.05) is 13.1 Å². The number of benzene rings is 1. The van der Waals surface area contributed by atoms with E-state index in [1.165, 1.54) is 5.56 Å². The summed E-state index contributed by atoms with van der Waals surface area (Å²) in [6, 6.07) is 12.1. The highest BCUT2D eigenvalue weighted by Crippen LogP contribution is 2.06. The molecule has 0 aromatic heterocycles. The number of hydrogen-bond donors (Lipinski definition) is 0. The molecule has 0 fully saturated rings. The van der Waals surface area contributed by atoms with E-state index in [1.807, 2.05) is 31.2 Å². The number of rotatable bonds is 6.